The summed E-state index contributed by atoms with van der Waals surface area (Å²) in [6, 6.07) is 0. The van der Waals surface area contributed by atoms with Gasteiger partial charge in [0.2, 0.25) is 0 Å². The minimum atomic E-state index is -0.876. The summed E-state index contributed by atoms with van der Waals surface area (Å²) in [5.41, 5.74) is 0. The summed E-state index contributed by atoms with van der Waals surface area (Å²) in [4.78, 5) is 22.6. The van der Waals surface area contributed by atoms with Gasteiger partial charge in [0.15, 0.2) is 0 Å². The van der Waals surface area contributed by atoms with Crippen LogP contribution in [-0.2, 0) is 9.59 Å². The van der Waals surface area contributed by atoms with Crippen LogP contribution in [0.4, 0.5) is 0 Å². The molecule has 1 aliphatic carbocycles. The Hall–Kier alpha value is -1.46. The molecule has 5 nitrogen and oxygen atoms in total. The lowest BCUT2D eigenvalue weighted by Gasteiger charge is -2.16. The first-order valence-electron chi connectivity index (χ1n) is 9.39. The van der Waals surface area contributed by atoms with E-state index in [1.165, 1.54) is 12.8 Å². The van der Waals surface area contributed by atoms with Crippen molar-refractivity contribution in [1.82, 2.24) is 0 Å². The molecule has 0 aliphatic heterocycles. The summed E-state index contributed by atoms with van der Waals surface area (Å²) in [5, 5.41) is 28.6. The second-order valence-corrected chi connectivity index (χ2v) is 6.86. The van der Waals surface area contributed by atoms with Crippen molar-refractivity contribution in [3.8, 4) is 0 Å². The fraction of sp³-hybridized carbons (Fsp3) is 0.700. The highest BCUT2D eigenvalue weighted by Gasteiger charge is 2.39. The van der Waals surface area contributed by atoms with Crippen LogP contribution in [0.15, 0.2) is 24.3 Å². The molecule has 1 aliphatic rings. The topological polar surface area (TPSA) is 94.8 Å². The fourth-order valence-electron chi connectivity index (χ4n) is 3.22. The van der Waals surface area contributed by atoms with Crippen molar-refractivity contribution in [3.63, 3.8) is 0 Å². The molecule has 1 saturated carbocycles. The van der Waals surface area contributed by atoms with Crippen molar-refractivity contribution < 1.29 is 24.9 Å². The van der Waals surface area contributed by atoms with Crippen molar-refractivity contribution in [1.29, 1.82) is 0 Å². The van der Waals surface area contributed by atoms with E-state index >= 15 is 0 Å². The molecule has 0 aromatic heterocycles. The van der Waals surface area contributed by atoms with Gasteiger partial charge in [0, 0.05) is 24.7 Å². The number of carbonyl (C=O) groups excluding carboxylic acids is 1. The quantitative estimate of drug-likeness (QED) is 0.370. The number of carboxylic acids is 1. The zero-order valence-corrected chi connectivity index (χ0v) is 15.1. The molecule has 0 aromatic rings. The summed E-state index contributed by atoms with van der Waals surface area (Å²) in [6.07, 6.45) is 12.1. The summed E-state index contributed by atoms with van der Waals surface area (Å²) >= 11 is 0. The van der Waals surface area contributed by atoms with E-state index in [1.807, 2.05) is 6.08 Å². The molecule has 0 saturated heterocycles. The number of aliphatic carboxylic acids is 1. The van der Waals surface area contributed by atoms with E-state index in [1.54, 1.807) is 12.2 Å². The van der Waals surface area contributed by atoms with Crippen LogP contribution in [0.1, 0.15) is 64.7 Å². The third-order valence-corrected chi connectivity index (χ3v) is 4.71. The summed E-state index contributed by atoms with van der Waals surface area (Å²) in [7, 11) is 0. The molecule has 0 heterocycles. The Kier molecular flexibility index (Phi) is 10.3. The summed E-state index contributed by atoms with van der Waals surface area (Å²) < 4.78 is 0. The van der Waals surface area contributed by atoms with Gasteiger partial charge in [0.25, 0.3) is 0 Å². The number of unbranched alkanes of at least 4 members (excludes halogenated alkanes) is 3. The summed E-state index contributed by atoms with van der Waals surface area (Å²) in [6.45, 7) is 2.16. The smallest absolute Gasteiger partial charge is 0.303 e. The van der Waals surface area contributed by atoms with E-state index in [2.05, 4.69) is 13.0 Å². The molecule has 0 unspecified atom stereocenters. The van der Waals surface area contributed by atoms with Crippen LogP contribution in [0, 0.1) is 11.8 Å². The summed E-state index contributed by atoms with van der Waals surface area (Å²) in [5.74, 6) is -1.32. The van der Waals surface area contributed by atoms with Crippen LogP contribution in [0.5, 0.6) is 0 Å². The first kappa shape index (κ1) is 21.6. The van der Waals surface area contributed by atoms with Gasteiger partial charge in [-0.05, 0) is 32.1 Å². The number of Topliss-reactive ketones (excluding diaryl/α,β-unsaturated/α-hetero) is 1. The third kappa shape index (κ3) is 8.45. The Balaban J connectivity index is 2.49. The van der Waals surface area contributed by atoms with Crippen molar-refractivity contribution in [2.45, 2.75) is 76.9 Å². The number of allylic oxidation sites excluding steroid dienone is 2. The maximum atomic E-state index is 12.1. The van der Waals surface area contributed by atoms with E-state index < -0.39 is 18.2 Å². The molecule has 1 fully saturated rings. The Labute approximate surface area is 150 Å². The van der Waals surface area contributed by atoms with Crippen molar-refractivity contribution in [3.05, 3.63) is 24.3 Å². The first-order valence-corrected chi connectivity index (χ1v) is 9.39. The first-order chi connectivity index (χ1) is 12.0. The number of aliphatic hydroxyl groups is 2. The van der Waals surface area contributed by atoms with Gasteiger partial charge in [-0.2, -0.15) is 0 Å². The van der Waals surface area contributed by atoms with E-state index in [0.29, 0.717) is 19.3 Å². The molecular formula is C20H32O5. The second-order valence-electron chi connectivity index (χ2n) is 6.86. The highest BCUT2D eigenvalue weighted by molar-refractivity contribution is 5.84. The molecule has 3 N–H and O–H groups in total. The van der Waals surface area contributed by atoms with Crippen molar-refractivity contribution in [2.75, 3.05) is 0 Å². The zero-order valence-electron chi connectivity index (χ0n) is 15.1. The van der Waals surface area contributed by atoms with E-state index in [0.717, 1.165) is 12.8 Å². The molecule has 0 amide bonds. The lowest BCUT2D eigenvalue weighted by Crippen LogP contribution is -2.18. The standard InChI is InChI=1S/C20H32O5/c1-2-3-4-5-6-7-10-16-17(19(23)14-18(16)22)13-12-15(21)9-8-11-20(24)25/h6-7,12-13,15-17,19,21,23H,2-5,8-11,14H2,1H3,(H,24,25)/b7-6-,13-12+/t15-,16-,17+,19-/m1/s1. The second kappa shape index (κ2) is 12.0. The van der Waals surface area contributed by atoms with Crippen molar-refractivity contribution in [2.24, 2.45) is 11.8 Å². The molecule has 0 aromatic carbocycles. The number of ketones is 1. The van der Waals surface area contributed by atoms with Gasteiger partial charge in [0.1, 0.15) is 5.78 Å². The van der Waals surface area contributed by atoms with Crippen molar-refractivity contribution >= 4 is 11.8 Å². The molecule has 0 bridgehead atoms. The molecule has 5 heteroatoms. The van der Waals surface area contributed by atoms with Gasteiger partial charge >= 0.3 is 5.97 Å². The van der Waals surface area contributed by atoms with Crippen LogP contribution in [0.3, 0.4) is 0 Å². The molecule has 0 radical (unpaired) electrons. The van der Waals surface area contributed by atoms with E-state index in [9.17, 15) is 19.8 Å². The predicted octanol–water partition coefficient (Wildman–Crippen LogP) is 3.25. The van der Waals surface area contributed by atoms with Crippen LogP contribution in [-0.4, -0.2) is 39.3 Å². The minimum absolute atomic E-state index is 0.0287. The lowest BCUT2D eigenvalue weighted by molar-refractivity contribution is -0.137. The average molecular weight is 352 g/mol. The maximum absolute atomic E-state index is 12.1. The van der Waals surface area contributed by atoms with Gasteiger partial charge in [-0.15, -0.1) is 0 Å². The Morgan fingerprint density at radius 3 is 2.72 bits per heavy atom. The number of rotatable bonds is 12. The number of carbonyl (C=O) groups is 2. The van der Waals surface area contributed by atoms with Crippen LogP contribution in [0.25, 0.3) is 0 Å². The average Bonchev–Trinajstić information content (AvgIpc) is 2.81. The third-order valence-electron chi connectivity index (χ3n) is 4.71. The van der Waals surface area contributed by atoms with Crippen LogP contribution < -0.4 is 0 Å². The fourth-order valence-corrected chi connectivity index (χ4v) is 3.22. The molecule has 142 valence electrons. The maximum Gasteiger partial charge on any atom is 0.303 e. The van der Waals surface area contributed by atoms with Gasteiger partial charge in [-0.3, -0.25) is 9.59 Å². The van der Waals surface area contributed by atoms with E-state index in [4.69, 9.17) is 5.11 Å². The monoisotopic (exact) mass is 352 g/mol. The molecular weight excluding hydrogens is 320 g/mol. The number of aliphatic hydroxyl groups excluding tert-OH is 2. The largest absolute Gasteiger partial charge is 0.481 e. The molecule has 0 spiro atoms. The zero-order chi connectivity index (χ0) is 18.7. The molecule has 25 heavy (non-hydrogen) atoms. The van der Waals surface area contributed by atoms with Gasteiger partial charge in [-0.1, -0.05) is 44.1 Å². The SMILES string of the molecule is CCCCC/C=C\C[C@H]1C(=O)C[C@@H](O)[C@H]1/C=C/[C@H](O)CCCC(=O)O. The number of hydrogen-bond acceptors (Lipinski definition) is 4. The van der Waals surface area contributed by atoms with Crippen LogP contribution in [0.2, 0.25) is 0 Å². The Morgan fingerprint density at radius 1 is 1.28 bits per heavy atom. The van der Waals surface area contributed by atoms with Gasteiger partial charge < -0.3 is 15.3 Å². The number of carboxylic acid groups (broad SMARTS) is 1. The van der Waals surface area contributed by atoms with Gasteiger partial charge in [-0.25, -0.2) is 0 Å². The van der Waals surface area contributed by atoms with Crippen LogP contribution >= 0.6 is 0 Å². The Bertz CT molecular complexity index is 469. The number of hydrogen-bond donors (Lipinski definition) is 3. The van der Waals surface area contributed by atoms with Gasteiger partial charge in [0.05, 0.1) is 12.2 Å². The highest BCUT2D eigenvalue weighted by Crippen LogP contribution is 2.33. The predicted molar refractivity (Wildman–Crippen MR) is 97.1 cm³/mol. The lowest BCUT2D eigenvalue weighted by atomic mass is 9.90. The normalized spacial score (nSPS) is 25.2. The minimum Gasteiger partial charge on any atom is -0.481 e. The highest BCUT2D eigenvalue weighted by atomic mass is 16.4. The molecule has 4 atom stereocenters. The molecule has 1 rings (SSSR count). The van der Waals surface area contributed by atoms with E-state index in [-0.39, 0.29) is 30.5 Å². The Morgan fingerprint density at radius 2 is 2.04 bits per heavy atom.